The topological polar surface area (TPSA) is 72.5 Å². The van der Waals surface area contributed by atoms with Gasteiger partial charge in [-0.2, -0.15) is 0 Å². The van der Waals surface area contributed by atoms with Gasteiger partial charge in [-0.3, -0.25) is 0 Å². The van der Waals surface area contributed by atoms with E-state index < -0.39 is 16.0 Å². The first kappa shape index (κ1) is 17.4. The standard InChI is InChI=1S/C15H21NO4S/c1-11-5-8-14(9-6-11)21(18,19)16-13(3)12(2)7-10-15(17)20-4/h5-10,12-13,16H,1-4H3/b10-7+/t12-,13-/m0/s1. The van der Waals surface area contributed by atoms with Gasteiger partial charge in [-0.1, -0.05) is 30.7 Å². The minimum atomic E-state index is -3.57. The largest absolute Gasteiger partial charge is 0.466 e. The Bertz CT molecular complexity index is 605. The van der Waals surface area contributed by atoms with E-state index in [0.29, 0.717) is 0 Å². The highest BCUT2D eigenvalue weighted by molar-refractivity contribution is 7.89. The summed E-state index contributed by atoms with van der Waals surface area (Å²) in [5, 5.41) is 0. The van der Waals surface area contributed by atoms with Crippen LogP contribution in [0.25, 0.3) is 0 Å². The third-order valence-corrected chi connectivity index (χ3v) is 4.77. The third kappa shape index (κ3) is 5.32. The Morgan fingerprint density at radius 1 is 1.24 bits per heavy atom. The van der Waals surface area contributed by atoms with Crippen LogP contribution in [0.1, 0.15) is 19.4 Å². The maximum Gasteiger partial charge on any atom is 0.330 e. The second kappa shape index (κ2) is 7.38. The Morgan fingerprint density at radius 3 is 2.33 bits per heavy atom. The molecule has 1 N–H and O–H groups in total. The molecular formula is C15H21NO4S. The molecule has 0 spiro atoms. The SMILES string of the molecule is COC(=O)/C=C/[C@H](C)[C@H](C)NS(=O)(=O)c1ccc(C)cc1. The maximum absolute atomic E-state index is 12.2. The maximum atomic E-state index is 12.2. The first-order valence-electron chi connectivity index (χ1n) is 6.61. The van der Waals surface area contributed by atoms with Crippen molar-refractivity contribution in [2.24, 2.45) is 5.92 Å². The number of benzene rings is 1. The van der Waals surface area contributed by atoms with Gasteiger partial charge in [-0.25, -0.2) is 17.9 Å². The number of ether oxygens (including phenoxy) is 1. The van der Waals surface area contributed by atoms with Crippen molar-refractivity contribution in [2.45, 2.75) is 31.7 Å². The van der Waals surface area contributed by atoms with Crippen LogP contribution in [0.5, 0.6) is 0 Å². The van der Waals surface area contributed by atoms with Gasteiger partial charge in [-0.05, 0) is 31.9 Å². The van der Waals surface area contributed by atoms with E-state index in [9.17, 15) is 13.2 Å². The average molecular weight is 311 g/mol. The van der Waals surface area contributed by atoms with Crippen molar-refractivity contribution in [3.63, 3.8) is 0 Å². The minimum Gasteiger partial charge on any atom is -0.466 e. The summed E-state index contributed by atoms with van der Waals surface area (Å²) in [6.45, 7) is 5.46. The quantitative estimate of drug-likeness (QED) is 0.644. The Kier molecular flexibility index (Phi) is 6.11. The van der Waals surface area contributed by atoms with Crippen molar-refractivity contribution in [3.8, 4) is 0 Å². The Balaban J connectivity index is 2.76. The van der Waals surface area contributed by atoms with Crippen LogP contribution < -0.4 is 4.72 Å². The number of aryl methyl sites for hydroxylation is 1. The lowest BCUT2D eigenvalue weighted by molar-refractivity contribution is -0.134. The van der Waals surface area contributed by atoms with E-state index in [1.165, 1.54) is 13.2 Å². The highest BCUT2D eigenvalue weighted by atomic mass is 32.2. The summed E-state index contributed by atoms with van der Waals surface area (Å²) >= 11 is 0. The van der Waals surface area contributed by atoms with Gasteiger partial charge >= 0.3 is 5.97 Å². The molecule has 0 fully saturated rings. The van der Waals surface area contributed by atoms with Crippen molar-refractivity contribution in [3.05, 3.63) is 42.0 Å². The summed E-state index contributed by atoms with van der Waals surface area (Å²) in [7, 11) is -2.27. The number of sulfonamides is 1. The van der Waals surface area contributed by atoms with Gasteiger partial charge in [-0.15, -0.1) is 0 Å². The zero-order valence-electron chi connectivity index (χ0n) is 12.7. The van der Waals surface area contributed by atoms with E-state index in [0.717, 1.165) is 5.56 Å². The predicted octanol–water partition coefficient (Wildman–Crippen LogP) is 2.03. The first-order chi connectivity index (χ1) is 9.76. The van der Waals surface area contributed by atoms with E-state index in [4.69, 9.17) is 0 Å². The van der Waals surface area contributed by atoms with Gasteiger partial charge < -0.3 is 4.74 Å². The molecule has 1 aromatic rings. The fraction of sp³-hybridized carbons (Fsp3) is 0.400. The molecular weight excluding hydrogens is 290 g/mol. The highest BCUT2D eigenvalue weighted by Gasteiger charge is 2.19. The van der Waals surface area contributed by atoms with Crippen molar-refractivity contribution >= 4 is 16.0 Å². The fourth-order valence-corrected chi connectivity index (χ4v) is 2.94. The number of carbonyl (C=O) groups is 1. The monoisotopic (exact) mass is 311 g/mol. The Hall–Kier alpha value is -1.66. The van der Waals surface area contributed by atoms with Crippen LogP contribution in [0.4, 0.5) is 0 Å². The van der Waals surface area contributed by atoms with Crippen molar-refractivity contribution in [2.75, 3.05) is 7.11 Å². The summed E-state index contributed by atoms with van der Waals surface area (Å²) in [6, 6.07) is 6.29. The van der Waals surface area contributed by atoms with Gasteiger partial charge in [0.2, 0.25) is 10.0 Å². The average Bonchev–Trinajstić information content (AvgIpc) is 2.44. The van der Waals surface area contributed by atoms with Gasteiger partial charge in [0.1, 0.15) is 0 Å². The molecule has 0 saturated carbocycles. The number of hydrogen-bond donors (Lipinski definition) is 1. The van der Waals surface area contributed by atoms with Gasteiger partial charge in [0.05, 0.1) is 12.0 Å². The van der Waals surface area contributed by atoms with Crippen LogP contribution in [0.15, 0.2) is 41.3 Å². The second-order valence-electron chi connectivity index (χ2n) is 4.96. The number of nitrogens with one attached hydrogen (secondary N) is 1. The molecule has 0 amide bonds. The number of carbonyl (C=O) groups excluding carboxylic acids is 1. The summed E-state index contributed by atoms with van der Waals surface area (Å²) < 4.78 is 31.6. The summed E-state index contributed by atoms with van der Waals surface area (Å²) in [5.41, 5.74) is 0.997. The zero-order chi connectivity index (χ0) is 16.0. The van der Waals surface area contributed by atoms with Gasteiger partial charge in [0.25, 0.3) is 0 Å². The lowest BCUT2D eigenvalue weighted by Crippen LogP contribution is -2.36. The first-order valence-corrected chi connectivity index (χ1v) is 8.09. The smallest absolute Gasteiger partial charge is 0.330 e. The molecule has 21 heavy (non-hydrogen) atoms. The molecule has 0 aliphatic carbocycles. The molecule has 116 valence electrons. The Morgan fingerprint density at radius 2 is 1.81 bits per heavy atom. The van der Waals surface area contributed by atoms with Gasteiger partial charge in [0, 0.05) is 12.1 Å². The molecule has 2 atom stereocenters. The molecule has 1 rings (SSSR count). The van der Waals surface area contributed by atoms with Crippen LogP contribution in [-0.2, 0) is 19.6 Å². The Labute approximate surface area is 126 Å². The van der Waals surface area contributed by atoms with Crippen LogP contribution in [-0.4, -0.2) is 27.5 Å². The molecule has 0 radical (unpaired) electrons. The zero-order valence-corrected chi connectivity index (χ0v) is 13.5. The van der Waals surface area contributed by atoms with Crippen molar-refractivity contribution in [1.82, 2.24) is 4.72 Å². The number of rotatable bonds is 6. The lowest BCUT2D eigenvalue weighted by Gasteiger charge is -2.18. The molecule has 5 nitrogen and oxygen atoms in total. The minimum absolute atomic E-state index is 0.149. The third-order valence-electron chi connectivity index (χ3n) is 3.20. The summed E-state index contributed by atoms with van der Waals surface area (Å²) in [4.78, 5) is 11.3. The van der Waals surface area contributed by atoms with Crippen molar-refractivity contribution in [1.29, 1.82) is 0 Å². The number of hydrogen-bond acceptors (Lipinski definition) is 4. The molecule has 0 unspecified atom stereocenters. The van der Waals surface area contributed by atoms with Crippen molar-refractivity contribution < 1.29 is 17.9 Å². The predicted molar refractivity (Wildman–Crippen MR) is 81.3 cm³/mol. The number of esters is 1. The summed E-state index contributed by atoms with van der Waals surface area (Å²) in [5.74, 6) is -0.611. The molecule has 0 aromatic heterocycles. The molecule has 1 aromatic carbocycles. The van der Waals surface area contributed by atoms with Crippen LogP contribution in [0.2, 0.25) is 0 Å². The molecule has 0 saturated heterocycles. The second-order valence-corrected chi connectivity index (χ2v) is 6.68. The molecule has 0 aliphatic heterocycles. The summed E-state index contributed by atoms with van der Waals surface area (Å²) in [6.07, 6.45) is 2.91. The van der Waals surface area contributed by atoms with E-state index in [1.54, 1.807) is 37.3 Å². The van der Waals surface area contributed by atoms with Crippen LogP contribution >= 0.6 is 0 Å². The van der Waals surface area contributed by atoms with E-state index in [1.807, 2.05) is 13.8 Å². The molecule has 0 aliphatic rings. The number of methoxy groups -OCH3 is 1. The molecule has 0 bridgehead atoms. The van der Waals surface area contributed by atoms with E-state index in [-0.39, 0.29) is 16.9 Å². The van der Waals surface area contributed by atoms with E-state index >= 15 is 0 Å². The van der Waals surface area contributed by atoms with E-state index in [2.05, 4.69) is 9.46 Å². The normalized spacial score (nSPS) is 14.9. The molecule has 6 heteroatoms. The fourth-order valence-electron chi connectivity index (χ4n) is 1.60. The van der Waals surface area contributed by atoms with Crippen LogP contribution in [0.3, 0.4) is 0 Å². The van der Waals surface area contributed by atoms with Gasteiger partial charge in [0.15, 0.2) is 0 Å². The molecule has 0 heterocycles. The lowest BCUT2D eigenvalue weighted by atomic mass is 10.0. The van der Waals surface area contributed by atoms with Crippen LogP contribution in [0, 0.1) is 12.8 Å². The highest BCUT2D eigenvalue weighted by Crippen LogP contribution is 2.13.